The molecule has 0 aliphatic heterocycles. The number of aryl methyl sites for hydroxylation is 1. The smallest absolute Gasteiger partial charge is 0.165 e. The van der Waals surface area contributed by atoms with Crippen molar-refractivity contribution < 1.29 is 9.84 Å². The minimum Gasteiger partial charge on any atom is -0.454 e. The highest BCUT2D eigenvalue weighted by Crippen LogP contribution is 2.22. The van der Waals surface area contributed by atoms with Gasteiger partial charge in [-0.2, -0.15) is 5.10 Å². The number of hydrogen-bond acceptors (Lipinski definition) is 3. The minimum absolute atomic E-state index is 0.452. The summed E-state index contributed by atoms with van der Waals surface area (Å²) in [5.74, 6) is 1.46. The standard InChI is InChI=1S/C13H16N2O2/c1-3-15-9-13(8-14-15)17-12-6-4-11(5-7-12)10(2)16/h4-10,16H,3H2,1-2H3. The third-order valence-electron chi connectivity index (χ3n) is 2.53. The average Bonchev–Trinajstić information content (AvgIpc) is 2.77. The zero-order valence-electron chi connectivity index (χ0n) is 10.00. The molecule has 1 heterocycles. The summed E-state index contributed by atoms with van der Waals surface area (Å²) in [7, 11) is 0. The average molecular weight is 232 g/mol. The Morgan fingerprint density at radius 3 is 2.53 bits per heavy atom. The summed E-state index contributed by atoms with van der Waals surface area (Å²) in [5.41, 5.74) is 0.876. The molecule has 0 spiro atoms. The minimum atomic E-state index is -0.452. The third kappa shape index (κ3) is 2.85. The van der Waals surface area contributed by atoms with Crippen LogP contribution in [0.25, 0.3) is 0 Å². The molecule has 0 amide bonds. The largest absolute Gasteiger partial charge is 0.454 e. The maximum absolute atomic E-state index is 9.39. The molecule has 0 fully saturated rings. The van der Waals surface area contributed by atoms with Gasteiger partial charge in [0.2, 0.25) is 0 Å². The van der Waals surface area contributed by atoms with E-state index in [9.17, 15) is 5.11 Å². The second kappa shape index (κ2) is 5.01. The zero-order valence-corrected chi connectivity index (χ0v) is 10.00. The van der Waals surface area contributed by atoms with Gasteiger partial charge in [-0.25, -0.2) is 0 Å². The van der Waals surface area contributed by atoms with Crippen molar-refractivity contribution in [1.29, 1.82) is 0 Å². The van der Waals surface area contributed by atoms with E-state index in [0.29, 0.717) is 0 Å². The molecule has 1 unspecified atom stereocenters. The van der Waals surface area contributed by atoms with Crippen molar-refractivity contribution in [1.82, 2.24) is 9.78 Å². The Morgan fingerprint density at radius 1 is 1.29 bits per heavy atom. The summed E-state index contributed by atoms with van der Waals surface area (Å²) in [5, 5.41) is 13.5. The van der Waals surface area contributed by atoms with E-state index in [1.165, 1.54) is 0 Å². The SMILES string of the molecule is CCn1cc(Oc2ccc(C(C)O)cc2)cn1. The lowest BCUT2D eigenvalue weighted by Gasteiger charge is -2.06. The van der Waals surface area contributed by atoms with Gasteiger partial charge in [0.1, 0.15) is 5.75 Å². The first-order valence-electron chi connectivity index (χ1n) is 5.67. The first-order valence-corrected chi connectivity index (χ1v) is 5.67. The van der Waals surface area contributed by atoms with Crippen molar-refractivity contribution in [3.63, 3.8) is 0 Å². The van der Waals surface area contributed by atoms with Crippen molar-refractivity contribution in [2.45, 2.75) is 26.5 Å². The van der Waals surface area contributed by atoms with Crippen LogP contribution in [0.15, 0.2) is 36.7 Å². The Balaban J connectivity index is 2.08. The first kappa shape index (κ1) is 11.7. The number of nitrogens with zero attached hydrogens (tertiary/aromatic N) is 2. The lowest BCUT2D eigenvalue weighted by Crippen LogP contribution is -1.92. The van der Waals surface area contributed by atoms with Crippen LogP contribution < -0.4 is 4.74 Å². The highest BCUT2D eigenvalue weighted by molar-refractivity contribution is 5.31. The van der Waals surface area contributed by atoms with Crippen LogP contribution in [-0.2, 0) is 6.54 Å². The van der Waals surface area contributed by atoms with Crippen LogP contribution in [0.2, 0.25) is 0 Å². The van der Waals surface area contributed by atoms with Gasteiger partial charge < -0.3 is 9.84 Å². The van der Waals surface area contributed by atoms with Gasteiger partial charge in [0.25, 0.3) is 0 Å². The molecule has 1 N–H and O–H groups in total. The second-order valence-corrected chi connectivity index (χ2v) is 3.88. The summed E-state index contributed by atoms with van der Waals surface area (Å²) in [4.78, 5) is 0. The molecule has 0 aliphatic rings. The van der Waals surface area contributed by atoms with Gasteiger partial charge in [0, 0.05) is 6.54 Å². The van der Waals surface area contributed by atoms with Crippen molar-refractivity contribution >= 4 is 0 Å². The monoisotopic (exact) mass is 232 g/mol. The number of ether oxygens (including phenoxy) is 1. The number of rotatable bonds is 4. The summed E-state index contributed by atoms with van der Waals surface area (Å²) < 4.78 is 7.44. The quantitative estimate of drug-likeness (QED) is 0.881. The fourth-order valence-electron chi connectivity index (χ4n) is 1.52. The fourth-order valence-corrected chi connectivity index (χ4v) is 1.52. The van der Waals surface area contributed by atoms with Gasteiger partial charge in [-0.15, -0.1) is 0 Å². The Morgan fingerprint density at radius 2 is 2.00 bits per heavy atom. The van der Waals surface area contributed by atoms with Crippen molar-refractivity contribution in [2.75, 3.05) is 0 Å². The molecule has 0 radical (unpaired) electrons. The first-order chi connectivity index (χ1) is 8.19. The molecule has 1 aromatic carbocycles. The van der Waals surface area contributed by atoms with Gasteiger partial charge in [0.05, 0.1) is 18.5 Å². The van der Waals surface area contributed by atoms with Crippen molar-refractivity contribution in [3.05, 3.63) is 42.2 Å². The van der Waals surface area contributed by atoms with Crippen LogP contribution in [0.3, 0.4) is 0 Å². The van der Waals surface area contributed by atoms with Gasteiger partial charge >= 0.3 is 0 Å². The number of aromatic nitrogens is 2. The molecule has 0 saturated heterocycles. The normalized spacial score (nSPS) is 12.4. The highest BCUT2D eigenvalue weighted by atomic mass is 16.5. The molecule has 0 saturated carbocycles. The summed E-state index contributed by atoms with van der Waals surface area (Å²) in [6.45, 7) is 4.58. The molecule has 90 valence electrons. The van der Waals surface area contributed by atoms with Crippen LogP contribution in [0, 0.1) is 0 Å². The van der Waals surface area contributed by atoms with E-state index in [-0.39, 0.29) is 0 Å². The molecular formula is C13H16N2O2. The molecule has 4 nitrogen and oxygen atoms in total. The zero-order chi connectivity index (χ0) is 12.3. The highest BCUT2D eigenvalue weighted by Gasteiger charge is 2.03. The maximum Gasteiger partial charge on any atom is 0.165 e. The lowest BCUT2D eigenvalue weighted by atomic mass is 10.1. The van der Waals surface area contributed by atoms with E-state index in [4.69, 9.17) is 4.74 Å². The Hall–Kier alpha value is -1.81. The third-order valence-corrected chi connectivity index (χ3v) is 2.53. The number of aliphatic hydroxyl groups excluding tert-OH is 1. The van der Waals surface area contributed by atoms with Gasteiger partial charge in [-0.05, 0) is 31.5 Å². The molecule has 0 aliphatic carbocycles. The predicted molar refractivity (Wildman–Crippen MR) is 65.1 cm³/mol. The topological polar surface area (TPSA) is 47.3 Å². The molecule has 2 aromatic rings. The second-order valence-electron chi connectivity index (χ2n) is 3.88. The van der Waals surface area contributed by atoms with Crippen LogP contribution >= 0.6 is 0 Å². The molecule has 2 rings (SSSR count). The van der Waals surface area contributed by atoms with Gasteiger partial charge in [0.15, 0.2) is 5.75 Å². The Labute approximate surface area is 100 Å². The molecule has 1 atom stereocenters. The molecule has 17 heavy (non-hydrogen) atoms. The summed E-state index contributed by atoms with van der Waals surface area (Å²) >= 11 is 0. The Kier molecular flexibility index (Phi) is 3.44. The molecular weight excluding hydrogens is 216 g/mol. The predicted octanol–water partition coefficient (Wildman–Crippen LogP) is 2.75. The maximum atomic E-state index is 9.39. The molecule has 1 aromatic heterocycles. The summed E-state index contributed by atoms with van der Waals surface area (Å²) in [6, 6.07) is 7.38. The molecule has 4 heteroatoms. The van der Waals surface area contributed by atoms with E-state index in [1.54, 1.807) is 17.8 Å². The number of aliphatic hydroxyl groups is 1. The lowest BCUT2D eigenvalue weighted by molar-refractivity contribution is 0.199. The van der Waals surface area contributed by atoms with Gasteiger partial charge in [-0.1, -0.05) is 12.1 Å². The fraction of sp³-hybridized carbons (Fsp3) is 0.308. The number of hydrogen-bond donors (Lipinski definition) is 1. The van der Waals surface area contributed by atoms with Crippen molar-refractivity contribution in [3.8, 4) is 11.5 Å². The van der Waals surface area contributed by atoms with Crippen LogP contribution in [0.1, 0.15) is 25.5 Å². The van der Waals surface area contributed by atoms with Gasteiger partial charge in [-0.3, -0.25) is 4.68 Å². The Bertz CT molecular complexity index is 474. The van der Waals surface area contributed by atoms with Crippen LogP contribution in [0.4, 0.5) is 0 Å². The van der Waals surface area contributed by atoms with Crippen LogP contribution in [0.5, 0.6) is 11.5 Å². The van der Waals surface area contributed by atoms with Crippen LogP contribution in [-0.4, -0.2) is 14.9 Å². The van der Waals surface area contributed by atoms with E-state index in [0.717, 1.165) is 23.6 Å². The van der Waals surface area contributed by atoms with E-state index < -0.39 is 6.10 Å². The van der Waals surface area contributed by atoms with Crippen molar-refractivity contribution in [2.24, 2.45) is 0 Å². The number of benzene rings is 1. The summed E-state index contributed by atoms with van der Waals surface area (Å²) in [6.07, 6.45) is 3.08. The van der Waals surface area contributed by atoms with E-state index >= 15 is 0 Å². The van der Waals surface area contributed by atoms with E-state index in [1.807, 2.05) is 37.4 Å². The molecule has 0 bridgehead atoms. The van der Waals surface area contributed by atoms with E-state index in [2.05, 4.69) is 5.10 Å².